The van der Waals surface area contributed by atoms with Crippen LogP contribution in [-0.2, 0) is 12.8 Å². The molecule has 21 heavy (non-hydrogen) atoms. The van der Waals surface area contributed by atoms with Gasteiger partial charge in [-0.05, 0) is 48.7 Å². The van der Waals surface area contributed by atoms with Gasteiger partial charge in [-0.1, -0.05) is 22.0 Å². The second kappa shape index (κ2) is 6.72. The van der Waals surface area contributed by atoms with Crippen molar-refractivity contribution >= 4 is 21.9 Å². The van der Waals surface area contributed by atoms with Crippen LogP contribution in [0.5, 0.6) is 5.75 Å². The number of aromatic carboxylic acids is 1. The molecule has 2 rings (SSSR count). The van der Waals surface area contributed by atoms with E-state index in [2.05, 4.69) is 15.9 Å². The Kier molecular flexibility index (Phi) is 4.96. The lowest BCUT2D eigenvalue weighted by molar-refractivity contribution is 0.0695. The molecule has 2 aromatic rings. The van der Waals surface area contributed by atoms with E-state index < -0.39 is 11.8 Å². The normalized spacial score (nSPS) is 10.4. The predicted octanol–water partition coefficient (Wildman–Crippen LogP) is 4.08. The minimum Gasteiger partial charge on any atom is -0.496 e. The first-order valence-corrected chi connectivity index (χ1v) is 7.15. The van der Waals surface area contributed by atoms with E-state index in [4.69, 9.17) is 9.84 Å². The van der Waals surface area contributed by atoms with Crippen molar-refractivity contribution in [3.8, 4) is 5.75 Å². The maximum absolute atomic E-state index is 13.9. The Hall–Kier alpha value is -1.88. The standard InChI is InChI=1S/C16H14BrFO3/c1-21-15-8-6-11(17)9-10(15)5-7-12-13(16(19)20)3-2-4-14(12)18/h2-4,6,8-9H,5,7H2,1H3,(H,19,20). The summed E-state index contributed by atoms with van der Waals surface area (Å²) in [5.74, 6) is -0.916. The van der Waals surface area contributed by atoms with Crippen molar-refractivity contribution in [3.63, 3.8) is 0 Å². The Morgan fingerprint density at radius 3 is 2.71 bits per heavy atom. The Morgan fingerprint density at radius 2 is 2.05 bits per heavy atom. The van der Waals surface area contributed by atoms with Crippen LogP contribution in [0.3, 0.4) is 0 Å². The first-order chi connectivity index (χ1) is 10.0. The summed E-state index contributed by atoms with van der Waals surface area (Å²) in [6.07, 6.45) is 0.783. The number of hydrogen-bond acceptors (Lipinski definition) is 2. The highest BCUT2D eigenvalue weighted by Gasteiger charge is 2.15. The number of halogens is 2. The summed E-state index contributed by atoms with van der Waals surface area (Å²) in [5.41, 5.74) is 1.11. The van der Waals surface area contributed by atoms with Gasteiger partial charge < -0.3 is 9.84 Å². The molecule has 0 bridgehead atoms. The number of hydrogen-bond donors (Lipinski definition) is 1. The monoisotopic (exact) mass is 352 g/mol. The summed E-state index contributed by atoms with van der Waals surface area (Å²) in [6.45, 7) is 0. The highest BCUT2D eigenvalue weighted by atomic mass is 79.9. The van der Waals surface area contributed by atoms with Gasteiger partial charge in [-0.15, -0.1) is 0 Å². The lowest BCUT2D eigenvalue weighted by Gasteiger charge is -2.11. The molecule has 0 aromatic heterocycles. The van der Waals surface area contributed by atoms with E-state index in [1.54, 1.807) is 7.11 Å². The molecule has 0 fully saturated rings. The molecule has 0 aliphatic rings. The molecular formula is C16H14BrFO3. The van der Waals surface area contributed by atoms with Gasteiger partial charge in [0.2, 0.25) is 0 Å². The highest BCUT2D eigenvalue weighted by Crippen LogP contribution is 2.25. The average molecular weight is 353 g/mol. The van der Waals surface area contributed by atoms with Gasteiger partial charge in [0.15, 0.2) is 0 Å². The number of carbonyl (C=O) groups is 1. The van der Waals surface area contributed by atoms with Gasteiger partial charge in [-0.2, -0.15) is 0 Å². The molecule has 0 heterocycles. The van der Waals surface area contributed by atoms with Crippen molar-refractivity contribution in [1.29, 1.82) is 0 Å². The fraction of sp³-hybridized carbons (Fsp3) is 0.188. The van der Waals surface area contributed by atoms with Gasteiger partial charge in [-0.25, -0.2) is 9.18 Å². The van der Waals surface area contributed by atoms with Crippen molar-refractivity contribution in [2.45, 2.75) is 12.8 Å². The van der Waals surface area contributed by atoms with Crippen LogP contribution in [0, 0.1) is 5.82 Å². The average Bonchev–Trinajstić information content (AvgIpc) is 2.45. The molecule has 0 saturated heterocycles. The van der Waals surface area contributed by atoms with Crippen molar-refractivity contribution in [1.82, 2.24) is 0 Å². The lowest BCUT2D eigenvalue weighted by atomic mass is 9.99. The molecule has 2 aromatic carbocycles. The molecule has 3 nitrogen and oxygen atoms in total. The van der Waals surface area contributed by atoms with Crippen molar-refractivity contribution in [2.75, 3.05) is 7.11 Å². The third kappa shape index (κ3) is 3.61. The zero-order valence-electron chi connectivity index (χ0n) is 11.4. The van der Waals surface area contributed by atoms with Crippen LogP contribution in [0.2, 0.25) is 0 Å². The van der Waals surface area contributed by atoms with Gasteiger partial charge in [0.05, 0.1) is 12.7 Å². The smallest absolute Gasteiger partial charge is 0.336 e. The Balaban J connectivity index is 2.28. The summed E-state index contributed by atoms with van der Waals surface area (Å²) in [6, 6.07) is 9.66. The Bertz CT molecular complexity index is 671. The minimum atomic E-state index is -1.12. The highest BCUT2D eigenvalue weighted by molar-refractivity contribution is 9.10. The van der Waals surface area contributed by atoms with E-state index in [0.29, 0.717) is 18.6 Å². The van der Waals surface area contributed by atoms with Crippen LogP contribution < -0.4 is 4.74 Å². The van der Waals surface area contributed by atoms with E-state index in [1.807, 2.05) is 18.2 Å². The predicted molar refractivity (Wildman–Crippen MR) is 81.5 cm³/mol. The number of ether oxygens (including phenoxy) is 1. The topological polar surface area (TPSA) is 46.5 Å². The Morgan fingerprint density at radius 1 is 1.29 bits per heavy atom. The van der Waals surface area contributed by atoms with Gasteiger partial charge in [0, 0.05) is 10.0 Å². The first kappa shape index (κ1) is 15.5. The van der Waals surface area contributed by atoms with E-state index in [9.17, 15) is 9.18 Å². The van der Waals surface area contributed by atoms with Crippen LogP contribution in [0.15, 0.2) is 40.9 Å². The Labute approximate surface area is 130 Å². The summed E-state index contributed by atoms with van der Waals surface area (Å²) in [7, 11) is 1.57. The van der Waals surface area contributed by atoms with Crippen LogP contribution in [0.1, 0.15) is 21.5 Å². The molecule has 110 valence electrons. The van der Waals surface area contributed by atoms with Gasteiger partial charge in [0.1, 0.15) is 11.6 Å². The van der Waals surface area contributed by atoms with Crippen LogP contribution in [0.25, 0.3) is 0 Å². The van der Waals surface area contributed by atoms with Crippen LogP contribution in [-0.4, -0.2) is 18.2 Å². The minimum absolute atomic E-state index is 0.00367. The molecule has 0 aliphatic heterocycles. The maximum Gasteiger partial charge on any atom is 0.336 e. The molecule has 0 saturated carbocycles. The summed E-state index contributed by atoms with van der Waals surface area (Å²) in [5, 5.41) is 9.13. The quantitative estimate of drug-likeness (QED) is 0.881. The molecule has 0 atom stereocenters. The number of aryl methyl sites for hydroxylation is 1. The van der Waals surface area contributed by atoms with Gasteiger partial charge in [-0.3, -0.25) is 0 Å². The van der Waals surface area contributed by atoms with Crippen molar-refractivity contribution < 1.29 is 19.0 Å². The fourth-order valence-corrected chi connectivity index (χ4v) is 2.62. The van der Waals surface area contributed by atoms with Crippen LogP contribution in [0.4, 0.5) is 4.39 Å². The SMILES string of the molecule is COc1ccc(Br)cc1CCc1c(F)cccc1C(=O)O. The molecule has 0 amide bonds. The van der Waals surface area contributed by atoms with E-state index >= 15 is 0 Å². The first-order valence-electron chi connectivity index (χ1n) is 6.36. The zero-order chi connectivity index (χ0) is 15.4. The number of methoxy groups -OCH3 is 1. The zero-order valence-corrected chi connectivity index (χ0v) is 13.0. The third-order valence-electron chi connectivity index (χ3n) is 3.24. The largest absolute Gasteiger partial charge is 0.496 e. The number of carboxylic acid groups (broad SMARTS) is 1. The van der Waals surface area contributed by atoms with Crippen molar-refractivity contribution in [2.24, 2.45) is 0 Å². The molecule has 0 spiro atoms. The van der Waals surface area contributed by atoms with Crippen LogP contribution >= 0.6 is 15.9 Å². The molecule has 0 aliphatic carbocycles. The lowest BCUT2D eigenvalue weighted by Crippen LogP contribution is -2.06. The second-order valence-corrected chi connectivity index (χ2v) is 5.44. The molecular weight excluding hydrogens is 339 g/mol. The molecule has 0 radical (unpaired) electrons. The maximum atomic E-state index is 13.9. The third-order valence-corrected chi connectivity index (χ3v) is 3.73. The number of benzene rings is 2. The fourth-order valence-electron chi connectivity index (χ4n) is 2.22. The molecule has 1 N–H and O–H groups in total. The van der Waals surface area contributed by atoms with Gasteiger partial charge in [0.25, 0.3) is 0 Å². The number of rotatable bonds is 5. The van der Waals surface area contributed by atoms with E-state index in [-0.39, 0.29) is 11.1 Å². The van der Waals surface area contributed by atoms with Gasteiger partial charge >= 0.3 is 5.97 Å². The van der Waals surface area contributed by atoms with Crippen molar-refractivity contribution in [3.05, 3.63) is 63.4 Å². The molecule has 0 unspecified atom stereocenters. The second-order valence-electron chi connectivity index (χ2n) is 4.53. The summed E-state index contributed by atoms with van der Waals surface area (Å²) < 4.78 is 20.0. The van der Waals surface area contributed by atoms with E-state index in [1.165, 1.54) is 18.2 Å². The van der Waals surface area contributed by atoms with E-state index in [0.717, 1.165) is 10.0 Å². The summed E-state index contributed by atoms with van der Waals surface area (Å²) >= 11 is 3.38. The number of carboxylic acids is 1. The molecule has 5 heteroatoms. The summed E-state index contributed by atoms with van der Waals surface area (Å²) in [4.78, 5) is 11.2.